The Morgan fingerprint density at radius 3 is 2.75 bits per heavy atom. The fourth-order valence-corrected chi connectivity index (χ4v) is 3.30. The Labute approximate surface area is 130 Å². The molecule has 0 N–H and O–H groups in total. The molecule has 0 saturated heterocycles. The second-order valence-electron chi connectivity index (χ2n) is 4.21. The molecule has 0 atom stereocenters. The third kappa shape index (κ3) is 3.07. The van der Waals surface area contributed by atoms with Gasteiger partial charge in [0.05, 0.1) is 0 Å². The number of ether oxygens (including phenoxy) is 2. The zero-order chi connectivity index (χ0) is 13.9. The summed E-state index contributed by atoms with van der Waals surface area (Å²) >= 11 is 5.01. The Morgan fingerprint density at radius 1 is 1.15 bits per heavy atom. The third-order valence-corrected chi connectivity index (χ3v) is 4.08. The molecule has 2 aromatic rings. The summed E-state index contributed by atoms with van der Waals surface area (Å²) in [7, 11) is 0. The van der Waals surface area contributed by atoms with Crippen LogP contribution in [0.4, 0.5) is 0 Å². The highest BCUT2D eigenvalue weighted by Gasteiger charge is 2.13. The molecule has 0 spiro atoms. The van der Waals surface area contributed by atoms with Gasteiger partial charge >= 0.3 is 0 Å². The fourth-order valence-electron chi connectivity index (χ4n) is 1.86. The van der Waals surface area contributed by atoms with Crippen molar-refractivity contribution in [2.45, 2.75) is 23.3 Å². The van der Waals surface area contributed by atoms with Gasteiger partial charge in [0.2, 0.25) is 0 Å². The van der Waals surface area contributed by atoms with Gasteiger partial charge < -0.3 is 9.47 Å². The van der Waals surface area contributed by atoms with E-state index < -0.39 is 0 Å². The van der Waals surface area contributed by atoms with Gasteiger partial charge in [0, 0.05) is 17.4 Å². The molecular formula is C14H13BrN2O2S. The van der Waals surface area contributed by atoms with Crippen LogP contribution in [-0.4, -0.2) is 23.2 Å². The van der Waals surface area contributed by atoms with Gasteiger partial charge in [0.15, 0.2) is 11.5 Å². The fraction of sp³-hybridized carbons (Fsp3) is 0.286. The van der Waals surface area contributed by atoms with Gasteiger partial charge in [-0.15, -0.1) is 0 Å². The number of aromatic nitrogens is 2. The van der Waals surface area contributed by atoms with E-state index in [2.05, 4.69) is 25.9 Å². The first kappa shape index (κ1) is 13.7. The molecule has 0 amide bonds. The van der Waals surface area contributed by atoms with E-state index in [9.17, 15) is 0 Å². The van der Waals surface area contributed by atoms with E-state index in [1.54, 1.807) is 11.8 Å². The first-order valence-electron chi connectivity index (χ1n) is 6.35. The van der Waals surface area contributed by atoms with Gasteiger partial charge in [-0.3, -0.25) is 0 Å². The largest absolute Gasteiger partial charge is 0.486 e. The van der Waals surface area contributed by atoms with Gasteiger partial charge in [0.1, 0.15) is 28.7 Å². The summed E-state index contributed by atoms with van der Waals surface area (Å²) in [4.78, 5) is 9.89. The highest BCUT2D eigenvalue weighted by molar-refractivity contribution is 9.10. The normalized spacial score (nSPS) is 13.3. The van der Waals surface area contributed by atoms with Crippen molar-refractivity contribution in [1.29, 1.82) is 0 Å². The maximum absolute atomic E-state index is 5.59. The van der Waals surface area contributed by atoms with Crippen molar-refractivity contribution in [3.63, 3.8) is 0 Å². The molecule has 0 unspecified atom stereocenters. The molecule has 0 saturated carbocycles. The van der Waals surface area contributed by atoms with Gasteiger partial charge in [-0.05, 0) is 34.1 Å². The van der Waals surface area contributed by atoms with Crippen molar-refractivity contribution in [2.75, 3.05) is 13.2 Å². The predicted octanol–water partition coefficient (Wildman–Crippen LogP) is 3.72. The number of aryl methyl sites for hydroxylation is 1. The van der Waals surface area contributed by atoms with E-state index in [4.69, 9.17) is 9.47 Å². The second-order valence-corrected chi connectivity index (χ2v) is 6.11. The molecule has 0 fully saturated rings. The molecule has 0 bridgehead atoms. The monoisotopic (exact) mass is 352 g/mol. The Balaban J connectivity index is 1.85. The Kier molecular flexibility index (Phi) is 4.12. The van der Waals surface area contributed by atoms with Crippen LogP contribution in [0.3, 0.4) is 0 Å². The minimum absolute atomic E-state index is 0.597. The SMILES string of the molecule is CCc1nc(Br)cc(Sc2ccc3c(c2)OCCO3)n1. The summed E-state index contributed by atoms with van der Waals surface area (Å²) in [6.45, 7) is 3.25. The van der Waals surface area contributed by atoms with Crippen LogP contribution in [0, 0.1) is 0 Å². The van der Waals surface area contributed by atoms with E-state index in [-0.39, 0.29) is 0 Å². The lowest BCUT2D eigenvalue weighted by molar-refractivity contribution is 0.171. The molecule has 0 radical (unpaired) electrons. The lowest BCUT2D eigenvalue weighted by Gasteiger charge is -2.18. The Hall–Kier alpha value is -1.27. The molecule has 6 heteroatoms. The predicted molar refractivity (Wildman–Crippen MR) is 80.7 cm³/mol. The molecule has 1 aliphatic heterocycles. The number of nitrogens with zero attached hydrogens (tertiary/aromatic N) is 2. The first-order valence-corrected chi connectivity index (χ1v) is 7.96. The summed E-state index contributed by atoms with van der Waals surface area (Å²) in [5, 5.41) is 0.917. The maximum Gasteiger partial charge on any atom is 0.162 e. The summed E-state index contributed by atoms with van der Waals surface area (Å²) in [6.07, 6.45) is 0.814. The number of hydrogen-bond acceptors (Lipinski definition) is 5. The summed E-state index contributed by atoms with van der Waals surface area (Å²) in [5.41, 5.74) is 0. The molecule has 20 heavy (non-hydrogen) atoms. The minimum Gasteiger partial charge on any atom is -0.486 e. The van der Waals surface area contributed by atoms with Crippen LogP contribution in [-0.2, 0) is 6.42 Å². The standard InChI is InChI=1S/C14H13BrN2O2S/c1-2-13-16-12(15)8-14(17-13)20-9-3-4-10-11(7-9)19-6-5-18-10/h3-4,7-8H,2,5-6H2,1H3. The number of hydrogen-bond donors (Lipinski definition) is 0. The average Bonchev–Trinajstić information content (AvgIpc) is 2.46. The van der Waals surface area contributed by atoms with E-state index in [0.717, 1.165) is 38.3 Å². The van der Waals surface area contributed by atoms with Gasteiger partial charge in [-0.1, -0.05) is 18.7 Å². The summed E-state index contributed by atoms with van der Waals surface area (Å²) in [5.74, 6) is 2.43. The van der Waals surface area contributed by atoms with Crippen molar-refractivity contribution in [1.82, 2.24) is 9.97 Å². The van der Waals surface area contributed by atoms with Crippen molar-refractivity contribution in [3.05, 3.63) is 34.7 Å². The number of rotatable bonds is 3. The Bertz CT molecular complexity index is 637. The molecule has 1 aliphatic rings. The second kappa shape index (κ2) is 6.01. The number of benzene rings is 1. The molecule has 1 aromatic heterocycles. The van der Waals surface area contributed by atoms with Crippen LogP contribution in [0.25, 0.3) is 0 Å². The molecule has 2 heterocycles. The van der Waals surface area contributed by atoms with Crippen molar-refractivity contribution in [3.8, 4) is 11.5 Å². The molecule has 104 valence electrons. The highest BCUT2D eigenvalue weighted by Crippen LogP contribution is 2.36. The van der Waals surface area contributed by atoms with Crippen LogP contribution in [0.1, 0.15) is 12.7 Å². The maximum atomic E-state index is 5.59. The highest BCUT2D eigenvalue weighted by atomic mass is 79.9. The summed E-state index contributed by atoms with van der Waals surface area (Å²) in [6, 6.07) is 7.86. The zero-order valence-corrected chi connectivity index (χ0v) is 13.3. The quantitative estimate of drug-likeness (QED) is 0.787. The van der Waals surface area contributed by atoms with Crippen molar-refractivity contribution < 1.29 is 9.47 Å². The van der Waals surface area contributed by atoms with Crippen LogP contribution in [0.15, 0.2) is 38.8 Å². The number of fused-ring (bicyclic) bond motifs is 1. The lowest BCUT2D eigenvalue weighted by Crippen LogP contribution is -2.15. The van der Waals surface area contributed by atoms with Crippen molar-refractivity contribution >= 4 is 27.7 Å². The van der Waals surface area contributed by atoms with E-state index in [0.29, 0.717) is 13.2 Å². The average molecular weight is 353 g/mol. The summed E-state index contributed by atoms with van der Waals surface area (Å²) < 4.78 is 11.9. The third-order valence-electron chi connectivity index (χ3n) is 2.77. The molecular weight excluding hydrogens is 340 g/mol. The Morgan fingerprint density at radius 2 is 1.95 bits per heavy atom. The smallest absolute Gasteiger partial charge is 0.162 e. The zero-order valence-electron chi connectivity index (χ0n) is 10.9. The van der Waals surface area contributed by atoms with Gasteiger partial charge in [0.25, 0.3) is 0 Å². The lowest BCUT2D eigenvalue weighted by atomic mass is 10.3. The topological polar surface area (TPSA) is 44.2 Å². The number of halogens is 1. The molecule has 0 aliphatic carbocycles. The minimum atomic E-state index is 0.597. The van der Waals surface area contributed by atoms with E-state index >= 15 is 0 Å². The van der Waals surface area contributed by atoms with Gasteiger partial charge in [-0.2, -0.15) is 0 Å². The van der Waals surface area contributed by atoms with Crippen LogP contribution < -0.4 is 9.47 Å². The van der Waals surface area contributed by atoms with E-state index in [1.165, 1.54) is 0 Å². The molecule has 4 nitrogen and oxygen atoms in total. The van der Waals surface area contributed by atoms with Crippen molar-refractivity contribution in [2.24, 2.45) is 0 Å². The van der Waals surface area contributed by atoms with Gasteiger partial charge in [-0.25, -0.2) is 9.97 Å². The van der Waals surface area contributed by atoms with Crippen LogP contribution >= 0.6 is 27.7 Å². The first-order chi connectivity index (χ1) is 9.74. The van der Waals surface area contributed by atoms with Crippen LogP contribution in [0.5, 0.6) is 11.5 Å². The molecule has 1 aromatic carbocycles. The van der Waals surface area contributed by atoms with E-state index in [1.807, 2.05) is 31.2 Å². The van der Waals surface area contributed by atoms with Crippen LogP contribution in [0.2, 0.25) is 0 Å². The molecule has 3 rings (SSSR count).